The van der Waals surface area contributed by atoms with Crippen LogP contribution in [0.25, 0.3) is 0 Å². The van der Waals surface area contributed by atoms with E-state index in [1.807, 2.05) is 0 Å². The average Bonchev–Trinajstić information content (AvgIpc) is 2.48. The highest BCUT2D eigenvalue weighted by atomic mass is 32.1. The van der Waals surface area contributed by atoms with E-state index in [2.05, 4.69) is 36.1 Å². The molecule has 0 amide bonds. The fourth-order valence-electron chi connectivity index (χ4n) is 2.27. The van der Waals surface area contributed by atoms with E-state index in [1.54, 1.807) is 0 Å². The molecule has 0 aromatic heterocycles. The summed E-state index contributed by atoms with van der Waals surface area (Å²) in [5.74, 6) is 0. The molecule has 0 aromatic carbocycles. The topological polar surface area (TPSA) is 18.5 Å². The number of nitrogens with one attached hydrogen (secondary N) is 1. The Kier molecular flexibility index (Phi) is 6.82. The van der Waals surface area contributed by atoms with Crippen molar-refractivity contribution in [1.29, 1.82) is 0 Å². The van der Waals surface area contributed by atoms with Gasteiger partial charge in [0.05, 0.1) is 0 Å². The van der Waals surface area contributed by atoms with Gasteiger partial charge in [-0.2, -0.15) is 0 Å². The first kappa shape index (κ1) is 14.7. The zero-order valence-corrected chi connectivity index (χ0v) is 12.4. The molecule has 0 aromatic rings. The van der Waals surface area contributed by atoms with Crippen LogP contribution in [0, 0.1) is 0 Å². The molecule has 1 rings (SSSR count). The molecule has 0 aliphatic carbocycles. The minimum Gasteiger partial charge on any atom is -0.363 e. The molecular weight excluding hydrogens is 230 g/mol. The first-order chi connectivity index (χ1) is 8.11. The van der Waals surface area contributed by atoms with E-state index < -0.39 is 0 Å². The van der Waals surface area contributed by atoms with Gasteiger partial charge in [-0.05, 0) is 59.0 Å². The van der Waals surface area contributed by atoms with Gasteiger partial charge in [0.25, 0.3) is 0 Å². The second-order valence-electron chi connectivity index (χ2n) is 5.28. The van der Waals surface area contributed by atoms with Gasteiger partial charge in [-0.25, -0.2) is 0 Å². The number of hydrogen-bond acceptors (Lipinski definition) is 2. The zero-order valence-electron chi connectivity index (χ0n) is 11.5. The minimum absolute atomic E-state index is 0.603. The standard InChI is InChI=1S/C13H27N3S/c1-12-8-5-4-6-11-16(12)13(17)14-9-7-10-15(2)3/h12H,4-11H2,1-3H3,(H,14,17). The third-order valence-electron chi connectivity index (χ3n) is 3.37. The van der Waals surface area contributed by atoms with Crippen molar-refractivity contribution in [2.45, 2.75) is 45.1 Å². The van der Waals surface area contributed by atoms with Crippen LogP contribution in [-0.4, -0.2) is 54.7 Å². The Morgan fingerprint density at radius 1 is 1.35 bits per heavy atom. The predicted octanol–water partition coefficient (Wildman–Crippen LogP) is 2.08. The molecule has 1 unspecified atom stereocenters. The molecule has 17 heavy (non-hydrogen) atoms. The summed E-state index contributed by atoms with van der Waals surface area (Å²) in [4.78, 5) is 4.58. The first-order valence-corrected chi connectivity index (χ1v) is 7.21. The van der Waals surface area contributed by atoms with Crippen molar-refractivity contribution in [1.82, 2.24) is 15.1 Å². The van der Waals surface area contributed by atoms with Gasteiger partial charge < -0.3 is 15.1 Å². The number of rotatable bonds is 4. The zero-order chi connectivity index (χ0) is 12.7. The summed E-state index contributed by atoms with van der Waals surface area (Å²) in [6.07, 6.45) is 6.41. The third-order valence-corrected chi connectivity index (χ3v) is 3.75. The molecule has 0 radical (unpaired) electrons. The van der Waals surface area contributed by atoms with Crippen molar-refractivity contribution in [3.05, 3.63) is 0 Å². The molecule has 100 valence electrons. The summed E-state index contributed by atoms with van der Waals surface area (Å²) >= 11 is 5.49. The van der Waals surface area contributed by atoms with Crippen LogP contribution in [0.2, 0.25) is 0 Å². The van der Waals surface area contributed by atoms with E-state index >= 15 is 0 Å². The van der Waals surface area contributed by atoms with Crippen molar-refractivity contribution >= 4 is 17.3 Å². The monoisotopic (exact) mass is 257 g/mol. The molecule has 1 aliphatic heterocycles. The number of hydrogen-bond donors (Lipinski definition) is 1. The maximum Gasteiger partial charge on any atom is 0.169 e. The van der Waals surface area contributed by atoms with Crippen LogP contribution in [-0.2, 0) is 0 Å². The highest BCUT2D eigenvalue weighted by Gasteiger charge is 2.18. The lowest BCUT2D eigenvalue weighted by atomic mass is 10.1. The summed E-state index contributed by atoms with van der Waals surface area (Å²) < 4.78 is 0. The molecule has 1 saturated heterocycles. The van der Waals surface area contributed by atoms with Crippen molar-refractivity contribution in [3.63, 3.8) is 0 Å². The minimum atomic E-state index is 0.603. The molecule has 1 heterocycles. The van der Waals surface area contributed by atoms with E-state index in [4.69, 9.17) is 12.2 Å². The Labute approximate surface area is 112 Å². The maximum absolute atomic E-state index is 5.49. The summed E-state index contributed by atoms with van der Waals surface area (Å²) in [5.41, 5.74) is 0. The van der Waals surface area contributed by atoms with Gasteiger partial charge >= 0.3 is 0 Å². The summed E-state index contributed by atoms with van der Waals surface area (Å²) in [7, 11) is 4.21. The van der Waals surface area contributed by atoms with Crippen molar-refractivity contribution < 1.29 is 0 Å². The highest BCUT2D eigenvalue weighted by molar-refractivity contribution is 7.80. The van der Waals surface area contributed by atoms with Crippen molar-refractivity contribution in [2.75, 3.05) is 33.7 Å². The molecule has 1 aliphatic rings. The van der Waals surface area contributed by atoms with Crippen LogP contribution in [0.4, 0.5) is 0 Å². The second-order valence-corrected chi connectivity index (χ2v) is 5.67. The molecule has 0 bridgehead atoms. The summed E-state index contributed by atoms with van der Waals surface area (Å²) in [6, 6.07) is 0.603. The van der Waals surface area contributed by atoms with Crippen LogP contribution in [0.3, 0.4) is 0 Å². The molecule has 1 fully saturated rings. The quantitative estimate of drug-likeness (QED) is 0.614. The highest BCUT2D eigenvalue weighted by Crippen LogP contribution is 2.16. The Hall–Kier alpha value is -0.350. The number of likely N-dealkylation sites (tertiary alicyclic amines) is 1. The van der Waals surface area contributed by atoms with E-state index in [1.165, 1.54) is 25.7 Å². The number of thiocarbonyl (C=S) groups is 1. The first-order valence-electron chi connectivity index (χ1n) is 6.80. The lowest BCUT2D eigenvalue weighted by Crippen LogP contribution is -2.45. The van der Waals surface area contributed by atoms with E-state index in [-0.39, 0.29) is 0 Å². The summed E-state index contributed by atoms with van der Waals surface area (Å²) in [6.45, 7) is 5.52. The van der Waals surface area contributed by atoms with Crippen molar-refractivity contribution in [3.8, 4) is 0 Å². The van der Waals surface area contributed by atoms with Crippen LogP contribution < -0.4 is 5.32 Å². The Morgan fingerprint density at radius 3 is 2.82 bits per heavy atom. The predicted molar refractivity (Wildman–Crippen MR) is 78.4 cm³/mol. The van der Waals surface area contributed by atoms with Crippen molar-refractivity contribution in [2.24, 2.45) is 0 Å². The molecular formula is C13H27N3S. The largest absolute Gasteiger partial charge is 0.363 e. The van der Waals surface area contributed by atoms with Gasteiger partial charge in [0, 0.05) is 19.1 Å². The van der Waals surface area contributed by atoms with Gasteiger partial charge in [-0.1, -0.05) is 12.8 Å². The lowest BCUT2D eigenvalue weighted by molar-refractivity contribution is 0.329. The van der Waals surface area contributed by atoms with Gasteiger partial charge in [-0.15, -0.1) is 0 Å². The van der Waals surface area contributed by atoms with E-state index in [0.717, 1.165) is 31.2 Å². The van der Waals surface area contributed by atoms with Crippen LogP contribution in [0.15, 0.2) is 0 Å². The average molecular weight is 257 g/mol. The van der Waals surface area contributed by atoms with E-state index in [9.17, 15) is 0 Å². The van der Waals surface area contributed by atoms with Gasteiger partial charge in [0.2, 0.25) is 0 Å². The second kappa shape index (κ2) is 7.88. The lowest BCUT2D eigenvalue weighted by Gasteiger charge is -2.30. The fraction of sp³-hybridized carbons (Fsp3) is 0.923. The molecule has 1 N–H and O–H groups in total. The number of nitrogens with zero attached hydrogens (tertiary/aromatic N) is 2. The Bertz CT molecular complexity index is 231. The summed E-state index contributed by atoms with van der Waals surface area (Å²) in [5, 5.41) is 4.35. The normalized spacial score (nSPS) is 21.4. The molecule has 3 nitrogen and oxygen atoms in total. The van der Waals surface area contributed by atoms with Crippen LogP contribution >= 0.6 is 12.2 Å². The van der Waals surface area contributed by atoms with Gasteiger partial charge in [0.1, 0.15) is 0 Å². The van der Waals surface area contributed by atoms with Gasteiger partial charge in [0.15, 0.2) is 5.11 Å². The molecule has 1 atom stereocenters. The van der Waals surface area contributed by atoms with Crippen LogP contribution in [0.1, 0.15) is 39.0 Å². The third kappa shape index (κ3) is 5.68. The van der Waals surface area contributed by atoms with E-state index in [0.29, 0.717) is 6.04 Å². The molecule has 4 heteroatoms. The fourth-order valence-corrected chi connectivity index (χ4v) is 2.64. The Morgan fingerprint density at radius 2 is 2.12 bits per heavy atom. The SMILES string of the molecule is CC1CCCCCN1C(=S)NCCCN(C)C. The Balaban J connectivity index is 2.25. The maximum atomic E-state index is 5.49. The smallest absolute Gasteiger partial charge is 0.169 e. The van der Waals surface area contributed by atoms with Gasteiger partial charge in [-0.3, -0.25) is 0 Å². The van der Waals surface area contributed by atoms with Crippen LogP contribution in [0.5, 0.6) is 0 Å². The molecule has 0 saturated carbocycles. The molecule has 0 spiro atoms.